The monoisotopic (exact) mass is 524 g/mol. The van der Waals surface area contributed by atoms with Crippen LogP contribution in [0.15, 0.2) is 83.7 Å². The first-order valence-corrected chi connectivity index (χ1v) is 13.0. The Kier molecular flexibility index (Phi) is 7.98. The fourth-order valence-electron chi connectivity index (χ4n) is 4.93. The molecule has 0 fully saturated rings. The number of rotatable bonds is 11. The zero-order valence-corrected chi connectivity index (χ0v) is 22.4. The fraction of sp³-hybridized carbons (Fsp3) is 0.267. The number of ether oxygens (including phenoxy) is 2. The number of H-pyrrole nitrogens is 1. The van der Waals surface area contributed by atoms with Gasteiger partial charge in [0.15, 0.2) is 17.3 Å². The van der Waals surface area contributed by atoms with E-state index in [1.807, 2.05) is 53.2 Å². The Bertz CT molecular complexity index is 1580. The molecule has 0 spiro atoms. The van der Waals surface area contributed by atoms with Gasteiger partial charge in [-0.3, -0.25) is 9.69 Å². The number of pyridine rings is 1. The van der Waals surface area contributed by atoms with Gasteiger partial charge in [0.05, 0.1) is 32.3 Å². The van der Waals surface area contributed by atoms with E-state index in [2.05, 4.69) is 56.6 Å². The van der Waals surface area contributed by atoms with Crippen LogP contribution in [0.3, 0.4) is 0 Å². The van der Waals surface area contributed by atoms with E-state index in [9.17, 15) is 4.79 Å². The van der Waals surface area contributed by atoms with Crippen LogP contribution in [0.2, 0.25) is 0 Å². The van der Waals surface area contributed by atoms with E-state index < -0.39 is 0 Å². The molecule has 0 unspecified atom stereocenters. The predicted octanol–water partition coefficient (Wildman–Crippen LogP) is 4.73. The first-order valence-electron chi connectivity index (χ1n) is 13.0. The maximum absolute atomic E-state index is 13.3. The molecule has 5 rings (SSSR count). The summed E-state index contributed by atoms with van der Waals surface area (Å²) in [5.74, 6) is 1.94. The quantitative estimate of drug-likeness (QED) is 0.267. The van der Waals surface area contributed by atoms with Crippen LogP contribution in [-0.4, -0.2) is 44.3 Å². The normalized spacial score (nSPS) is 12.1. The lowest BCUT2D eigenvalue weighted by atomic mass is 10.1. The largest absolute Gasteiger partial charge is 0.493 e. The number of methoxy groups -OCH3 is 2. The second kappa shape index (κ2) is 11.9. The van der Waals surface area contributed by atoms with Gasteiger partial charge in [-0.2, -0.15) is 0 Å². The summed E-state index contributed by atoms with van der Waals surface area (Å²) in [6, 6.07) is 25.8. The first kappa shape index (κ1) is 26.1. The van der Waals surface area contributed by atoms with Crippen molar-refractivity contribution < 1.29 is 9.47 Å². The molecule has 2 aromatic heterocycles. The molecule has 1 N–H and O–H groups in total. The van der Waals surface area contributed by atoms with Gasteiger partial charge in [0, 0.05) is 30.1 Å². The smallest absolute Gasteiger partial charge is 0.252 e. The average Bonchev–Trinajstić information content (AvgIpc) is 3.41. The SMILES string of the molecule is CC[C@H](c1nnnn1Cc1ccccc1)N(Cc1ccccc1)Cc1cc2cc(OC)c(OC)cc2[nH]c1=O. The molecular weight excluding hydrogens is 492 g/mol. The number of tetrazole rings is 1. The molecule has 39 heavy (non-hydrogen) atoms. The second-order valence-corrected chi connectivity index (χ2v) is 9.41. The Morgan fingerprint density at radius 2 is 1.56 bits per heavy atom. The van der Waals surface area contributed by atoms with Crippen LogP contribution in [0, 0.1) is 0 Å². The zero-order chi connectivity index (χ0) is 27.2. The van der Waals surface area contributed by atoms with Crippen molar-refractivity contribution in [2.24, 2.45) is 0 Å². The third kappa shape index (κ3) is 5.83. The van der Waals surface area contributed by atoms with Crippen molar-refractivity contribution in [1.82, 2.24) is 30.1 Å². The molecule has 0 saturated carbocycles. The van der Waals surface area contributed by atoms with Gasteiger partial charge in [-0.05, 0) is 40.1 Å². The topological polar surface area (TPSA) is 98.2 Å². The van der Waals surface area contributed by atoms with Crippen molar-refractivity contribution in [2.45, 2.75) is 39.0 Å². The summed E-state index contributed by atoms with van der Waals surface area (Å²) >= 11 is 0. The third-order valence-corrected chi connectivity index (χ3v) is 6.89. The van der Waals surface area contributed by atoms with Gasteiger partial charge in [0.2, 0.25) is 0 Å². The van der Waals surface area contributed by atoms with Crippen LogP contribution in [0.1, 0.15) is 41.9 Å². The van der Waals surface area contributed by atoms with Crippen LogP contribution >= 0.6 is 0 Å². The summed E-state index contributed by atoms with van der Waals surface area (Å²) in [5.41, 5.74) is 3.44. The van der Waals surface area contributed by atoms with Gasteiger partial charge in [-0.1, -0.05) is 67.6 Å². The summed E-state index contributed by atoms with van der Waals surface area (Å²) in [6.07, 6.45) is 0.762. The minimum Gasteiger partial charge on any atom is -0.493 e. The molecule has 9 heteroatoms. The summed E-state index contributed by atoms with van der Waals surface area (Å²) in [5, 5.41) is 13.6. The van der Waals surface area contributed by atoms with Gasteiger partial charge >= 0.3 is 0 Å². The lowest BCUT2D eigenvalue weighted by molar-refractivity contribution is 0.161. The number of nitrogens with one attached hydrogen (secondary N) is 1. The highest BCUT2D eigenvalue weighted by Crippen LogP contribution is 2.32. The van der Waals surface area contributed by atoms with Gasteiger partial charge < -0.3 is 14.5 Å². The number of hydrogen-bond donors (Lipinski definition) is 1. The van der Waals surface area contributed by atoms with Crippen LogP contribution in [0.5, 0.6) is 11.5 Å². The van der Waals surface area contributed by atoms with E-state index in [-0.39, 0.29) is 11.6 Å². The lowest BCUT2D eigenvalue weighted by Crippen LogP contribution is -2.32. The molecule has 2 heterocycles. The van der Waals surface area contributed by atoms with Gasteiger partial charge in [0.25, 0.3) is 5.56 Å². The molecule has 9 nitrogen and oxygen atoms in total. The molecule has 200 valence electrons. The zero-order valence-electron chi connectivity index (χ0n) is 22.4. The van der Waals surface area contributed by atoms with Gasteiger partial charge in [0.1, 0.15) is 0 Å². The average molecular weight is 525 g/mol. The third-order valence-electron chi connectivity index (χ3n) is 6.89. The van der Waals surface area contributed by atoms with Crippen LogP contribution in [0.25, 0.3) is 10.9 Å². The Balaban J connectivity index is 1.53. The van der Waals surface area contributed by atoms with E-state index in [0.717, 1.165) is 28.8 Å². The Hall–Kier alpha value is -4.50. The molecule has 0 amide bonds. The first-order chi connectivity index (χ1) is 19.1. The van der Waals surface area contributed by atoms with Crippen LogP contribution in [0.4, 0.5) is 0 Å². The summed E-state index contributed by atoms with van der Waals surface area (Å²) < 4.78 is 12.7. The number of nitrogens with zero attached hydrogens (tertiary/aromatic N) is 5. The van der Waals surface area contributed by atoms with E-state index in [4.69, 9.17) is 9.47 Å². The Labute approximate surface area is 227 Å². The van der Waals surface area contributed by atoms with Crippen LogP contribution < -0.4 is 15.0 Å². The van der Waals surface area contributed by atoms with Crippen molar-refractivity contribution >= 4 is 10.9 Å². The summed E-state index contributed by atoms with van der Waals surface area (Å²) in [6.45, 7) is 3.72. The molecule has 0 aliphatic heterocycles. The fourth-order valence-corrected chi connectivity index (χ4v) is 4.93. The second-order valence-electron chi connectivity index (χ2n) is 9.41. The van der Waals surface area contributed by atoms with Crippen molar-refractivity contribution in [1.29, 1.82) is 0 Å². The predicted molar refractivity (Wildman–Crippen MR) is 150 cm³/mol. The number of aromatic nitrogens is 5. The number of hydrogen-bond acceptors (Lipinski definition) is 7. The molecule has 0 saturated heterocycles. The van der Waals surface area contributed by atoms with Crippen molar-refractivity contribution in [3.05, 3.63) is 112 Å². The van der Waals surface area contributed by atoms with E-state index in [0.29, 0.717) is 42.2 Å². The van der Waals surface area contributed by atoms with Crippen molar-refractivity contribution in [2.75, 3.05) is 14.2 Å². The lowest BCUT2D eigenvalue weighted by Gasteiger charge is -2.30. The Morgan fingerprint density at radius 1 is 0.897 bits per heavy atom. The number of fused-ring (bicyclic) bond motifs is 1. The highest BCUT2D eigenvalue weighted by Gasteiger charge is 2.26. The molecule has 0 radical (unpaired) electrons. The minimum atomic E-state index is -0.147. The molecule has 1 atom stereocenters. The maximum Gasteiger partial charge on any atom is 0.252 e. The molecule has 5 aromatic rings. The molecule has 3 aromatic carbocycles. The van der Waals surface area contributed by atoms with Gasteiger partial charge in [-0.15, -0.1) is 5.10 Å². The number of benzene rings is 3. The Morgan fingerprint density at radius 3 is 2.23 bits per heavy atom. The molecule has 0 bridgehead atoms. The maximum atomic E-state index is 13.3. The van der Waals surface area contributed by atoms with E-state index >= 15 is 0 Å². The number of aromatic amines is 1. The van der Waals surface area contributed by atoms with Crippen LogP contribution in [-0.2, 0) is 19.6 Å². The summed E-state index contributed by atoms with van der Waals surface area (Å²) in [7, 11) is 3.18. The minimum absolute atomic E-state index is 0.121. The highest BCUT2D eigenvalue weighted by molar-refractivity contribution is 5.83. The van der Waals surface area contributed by atoms with Crippen molar-refractivity contribution in [3.63, 3.8) is 0 Å². The highest BCUT2D eigenvalue weighted by atomic mass is 16.5. The van der Waals surface area contributed by atoms with E-state index in [1.54, 1.807) is 20.3 Å². The molecular formula is C30H32N6O3. The standard InChI is InChI=1S/C30H32N6O3/c1-4-26(29-32-33-34-36(29)19-22-13-9-6-10-14-22)35(18-21-11-7-5-8-12-21)20-24-15-23-16-27(38-2)28(39-3)17-25(23)31-30(24)37/h5-17,26H,4,18-20H2,1-3H3,(H,31,37)/t26-/m1/s1. The molecule has 0 aliphatic rings. The van der Waals surface area contributed by atoms with Gasteiger partial charge in [-0.25, -0.2) is 4.68 Å². The molecule has 0 aliphatic carbocycles. The van der Waals surface area contributed by atoms with Crippen molar-refractivity contribution in [3.8, 4) is 11.5 Å². The summed E-state index contributed by atoms with van der Waals surface area (Å²) in [4.78, 5) is 18.6. The van der Waals surface area contributed by atoms with E-state index in [1.165, 1.54) is 0 Å².